The Balaban J connectivity index is 1.56. The first kappa shape index (κ1) is 25.0. The Morgan fingerprint density at radius 3 is 2.56 bits per heavy atom. The van der Waals surface area contributed by atoms with E-state index >= 15 is 0 Å². The Labute approximate surface area is 203 Å². The SMILES string of the molecule is C#CCCCCN(Cc1ccccc1OCCCN1CCCCC1)Sc1ccc(Cl)cc1. The van der Waals surface area contributed by atoms with Gasteiger partial charge in [-0.1, -0.05) is 36.2 Å². The third-order valence-electron chi connectivity index (χ3n) is 5.67. The van der Waals surface area contributed by atoms with Crippen molar-refractivity contribution in [3.63, 3.8) is 0 Å². The minimum atomic E-state index is 0.762. The van der Waals surface area contributed by atoms with E-state index < -0.39 is 0 Å². The molecule has 0 N–H and O–H groups in total. The molecule has 1 aliphatic rings. The zero-order valence-corrected chi connectivity index (χ0v) is 20.5. The molecule has 0 bridgehead atoms. The zero-order valence-electron chi connectivity index (χ0n) is 19.0. The second-order valence-corrected chi connectivity index (χ2v) is 9.89. The Morgan fingerprint density at radius 2 is 1.78 bits per heavy atom. The number of ether oxygens (including phenoxy) is 1. The van der Waals surface area contributed by atoms with Crippen molar-refractivity contribution >= 4 is 23.5 Å². The highest BCUT2D eigenvalue weighted by Crippen LogP contribution is 2.29. The summed E-state index contributed by atoms with van der Waals surface area (Å²) < 4.78 is 8.63. The van der Waals surface area contributed by atoms with Crippen molar-refractivity contribution in [3.05, 3.63) is 59.1 Å². The van der Waals surface area contributed by atoms with E-state index in [0.717, 1.165) is 62.7 Å². The Morgan fingerprint density at radius 1 is 1.00 bits per heavy atom. The summed E-state index contributed by atoms with van der Waals surface area (Å²) in [5.41, 5.74) is 1.23. The molecule has 1 fully saturated rings. The van der Waals surface area contributed by atoms with Crippen molar-refractivity contribution in [2.24, 2.45) is 0 Å². The topological polar surface area (TPSA) is 15.7 Å². The van der Waals surface area contributed by atoms with Gasteiger partial charge in [-0.15, -0.1) is 12.3 Å². The van der Waals surface area contributed by atoms with E-state index in [1.54, 1.807) is 11.9 Å². The van der Waals surface area contributed by atoms with Gasteiger partial charge in [0, 0.05) is 41.5 Å². The minimum Gasteiger partial charge on any atom is -0.493 e. The third-order valence-corrected chi connectivity index (χ3v) is 6.98. The number of rotatable bonds is 13. The van der Waals surface area contributed by atoms with Crippen LogP contribution in [0, 0.1) is 12.3 Å². The molecule has 3 nitrogen and oxygen atoms in total. The van der Waals surface area contributed by atoms with E-state index in [4.69, 9.17) is 22.8 Å². The van der Waals surface area contributed by atoms with Crippen molar-refractivity contribution < 1.29 is 4.74 Å². The number of para-hydroxylation sites is 1. The van der Waals surface area contributed by atoms with Crippen LogP contribution < -0.4 is 4.74 Å². The molecule has 0 saturated carbocycles. The van der Waals surface area contributed by atoms with Gasteiger partial charge in [0.15, 0.2) is 0 Å². The fraction of sp³-hybridized carbons (Fsp3) is 0.481. The molecule has 172 valence electrons. The molecule has 1 heterocycles. The van der Waals surface area contributed by atoms with E-state index in [1.807, 2.05) is 12.1 Å². The molecule has 0 unspecified atom stereocenters. The van der Waals surface area contributed by atoms with Gasteiger partial charge in [0.1, 0.15) is 5.75 Å². The molecular formula is C27H35ClN2OS. The first-order valence-corrected chi connectivity index (χ1v) is 12.9. The average Bonchev–Trinajstić information content (AvgIpc) is 2.82. The largest absolute Gasteiger partial charge is 0.493 e. The van der Waals surface area contributed by atoms with E-state index in [1.165, 1.54) is 42.8 Å². The molecule has 0 amide bonds. The van der Waals surface area contributed by atoms with Crippen LogP contribution in [-0.2, 0) is 6.54 Å². The van der Waals surface area contributed by atoms with Gasteiger partial charge in [-0.05, 0) is 87.5 Å². The van der Waals surface area contributed by atoms with Crippen LogP contribution >= 0.6 is 23.5 Å². The molecule has 5 heteroatoms. The summed E-state index contributed by atoms with van der Waals surface area (Å²) in [5.74, 6) is 3.74. The molecule has 1 aliphatic heterocycles. The Hall–Kier alpha value is -1.64. The van der Waals surface area contributed by atoms with Crippen molar-refractivity contribution in [2.75, 3.05) is 32.8 Å². The quantitative estimate of drug-likeness (QED) is 0.179. The van der Waals surface area contributed by atoms with Gasteiger partial charge in [-0.3, -0.25) is 0 Å². The van der Waals surface area contributed by atoms with Gasteiger partial charge >= 0.3 is 0 Å². The van der Waals surface area contributed by atoms with Gasteiger partial charge in [-0.25, -0.2) is 4.31 Å². The molecule has 1 saturated heterocycles. The molecule has 2 aromatic rings. The Kier molecular flexibility index (Phi) is 11.3. The predicted molar refractivity (Wildman–Crippen MR) is 137 cm³/mol. The molecule has 32 heavy (non-hydrogen) atoms. The fourth-order valence-corrected chi connectivity index (χ4v) is 5.04. The first-order valence-electron chi connectivity index (χ1n) is 11.8. The second kappa shape index (κ2) is 14.5. The molecular weight excluding hydrogens is 436 g/mol. The van der Waals surface area contributed by atoms with Crippen molar-refractivity contribution in [2.45, 2.75) is 56.4 Å². The lowest BCUT2D eigenvalue weighted by Gasteiger charge is -2.26. The monoisotopic (exact) mass is 470 g/mol. The van der Waals surface area contributed by atoms with Crippen LogP contribution in [0.5, 0.6) is 5.75 Å². The van der Waals surface area contributed by atoms with Crippen LogP contribution in [0.3, 0.4) is 0 Å². The number of terminal acetylenes is 1. The maximum Gasteiger partial charge on any atom is 0.123 e. The number of unbranched alkanes of at least 4 members (excludes halogenated alkanes) is 2. The summed E-state index contributed by atoms with van der Waals surface area (Å²) in [7, 11) is 0. The highest BCUT2D eigenvalue weighted by atomic mass is 35.5. The van der Waals surface area contributed by atoms with Gasteiger partial charge < -0.3 is 9.64 Å². The fourth-order valence-electron chi connectivity index (χ4n) is 3.94. The van der Waals surface area contributed by atoms with Crippen LogP contribution in [0.2, 0.25) is 5.02 Å². The van der Waals surface area contributed by atoms with E-state index in [-0.39, 0.29) is 0 Å². The van der Waals surface area contributed by atoms with E-state index in [9.17, 15) is 0 Å². The molecule has 3 rings (SSSR count). The first-order chi connectivity index (χ1) is 15.7. The number of benzene rings is 2. The third kappa shape index (κ3) is 9.08. The van der Waals surface area contributed by atoms with Crippen molar-refractivity contribution in [3.8, 4) is 18.1 Å². The summed E-state index contributed by atoms with van der Waals surface area (Å²) in [6, 6.07) is 16.5. The lowest BCUT2D eigenvalue weighted by Crippen LogP contribution is -2.31. The Bertz CT molecular complexity index is 830. The van der Waals surface area contributed by atoms with E-state index in [0.29, 0.717) is 0 Å². The van der Waals surface area contributed by atoms with Crippen LogP contribution in [0.25, 0.3) is 0 Å². The summed E-state index contributed by atoms with van der Waals surface area (Å²) in [5, 5.41) is 0.762. The molecule has 0 aliphatic carbocycles. The highest BCUT2D eigenvalue weighted by molar-refractivity contribution is 7.97. The maximum absolute atomic E-state index is 6.23. The smallest absolute Gasteiger partial charge is 0.123 e. The summed E-state index contributed by atoms with van der Waals surface area (Å²) >= 11 is 7.83. The molecule has 2 aromatic carbocycles. The van der Waals surface area contributed by atoms with Crippen molar-refractivity contribution in [1.29, 1.82) is 0 Å². The molecule has 0 spiro atoms. The second-order valence-electron chi connectivity index (χ2n) is 8.28. The maximum atomic E-state index is 6.23. The number of halogens is 1. The van der Waals surface area contributed by atoms with E-state index in [2.05, 4.69) is 51.5 Å². The average molecular weight is 471 g/mol. The lowest BCUT2D eigenvalue weighted by molar-refractivity contribution is 0.204. The normalized spacial score (nSPS) is 14.4. The van der Waals surface area contributed by atoms with Crippen LogP contribution in [0.15, 0.2) is 53.4 Å². The van der Waals surface area contributed by atoms with Crippen LogP contribution in [0.4, 0.5) is 0 Å². The molecule has 0 atom stereocenters. The highest BCUT2D eigenvalue weighted by Gasteiger charge is 2.13. The zero-order chi connectivity index (χ0) is 22.4. The lowest BCUT2D eigenvalue weighted by atomic mass is 10.1. The number of hydrogen-bond acceptors (Lipinski definition) is 4. The standard InChI is InChI=1S/C27H35ClN2OS/c1-2-3-4-10-21-30(32-26-16-14-25(28)15-17-26)23-24-12-6-7-13-27(24)31-22-11-20-29-18-8-5-9-19-29/h1,6-7,12-17H,3-5,8-11,18-23H2. The number of piperidine rings is 1. The van der Waals surface area contributed by atoms with Crippen LogP contribution in [0.1, 0.15) is 50.5 Å². The minimum absolute atomic E-state index is 0.762. The van der Waals surface area contributed by atoms with Gasteiger partial charge in [-0.2, -0.15) is 0 Å². The molecule has 0 aromatic heterocycles. The number of hydrogen-bond donors (Lipinski definition) is 0. The number of likely N-dealkylation sites (tertiary alicyclic amines) is 1. The van der Waals surface area contributed by atoms with Gasteiger partial charge in [0.2, 0.25) is 0 Å². The van der Waals surface area contributed by atoms with Gasteiger partial charge in [0.25, 0.3) is 0 Å². The summed E-state index contributed by atoms with van der Waals surface area (Å²) in [6.45, 7) is 6.18. The van der Waals surface area contributed by atoms with Gasteiger partial charge in [0.05, 0.1) is 6.61 Å². The number of nitrogens with zero attached hydrogens (tertiary/aromatic N) is 2. The molecule has 0 radical (unpaired) electrons. The predicted octanol–water partition coefficient (Wildman–Crippen LogP) is 6.91. The van der Waals surface area contributed by atoms with Crippen LogP contribution in [-0.4, -0.2) is 42.0 Å². The van der Waals surface area contributed by atoms with Crippen molar-refractivity contribution in [1.82, 2.24) is 9.21 Å². The summed E-state index contributed by atoms with van der Waals surface area (Å²) in [6.07, 6.45) is 13.5. The summed E-state index contributed by atoms with van der Waals surface area (Å²) in [4.78, 5) is 3.76.